The van der Waals surface area contributed by atoms with E-state index in [9.17, 15) is 18.0 Å². The summed E-state index contributed by atoms with van der Waals surface area (Å²) in [6.45, 7) is 1.24. The van der Waals surface area contributed by atoms with E-state index in [1.165, 1.54) is 37.3 Å². The van der Waals surface area contributed by atoms with Crippen LogP contribution in [0.15, 0.2) is 53.4 Å². The van der Waals surface area contributed by atoms with Crippen molar-refractivity contribution in [3.8, 4) is 5.75 Å². The lowest BCUT2D eigenvalue weighted by molar-refractivity contribution is -0.131. The Labute approximate surface area is 134 Å². The van der Waals surface area contributed by atoms with E-state index in [4.69, 9.17) is 4.74 Å². The summed E-state index contributed by atoms with van der Waals surface area (Å²) in [5.41, 5.74) is 0.503. The van der Waals surface area contributed by atoms with Gasteiger partial charge < -0.3 is 10.1 Å². The molecule has 0 aliphatic carbocycles. The van der Waals surface area contributed by atoms with Crippen molar-refractivity contribution < 1.29 is 22.7 Å². The van der Waals surface area contributed by atoms with E-state index >= 15 is 0 Å². The Bertz CT molecular complexity index is 858. The maximum atomic E-state index is 12.3. The Morgan fingerprint density at radius 2 is 1.74 bits per heavy atom. The summed E-state index contributed by atoms with van der Waals surface area (Å²) in [7, 11) is -3.37. The number of hydrogen-bond acceptors (Lipinski definition) is 5. The first-order valence-electron chi connectivity index (χ1n) is 6.66. The van der Waals surface area contributed by atoms with Gasteiger partial charge in [0.25, 0.3) is 5.91 Å². The quantitative estimate of drug-likeness (QED) is 0.685. The number of ether oxygens (including phenoxy) is 1. The molecular formula is C16H15NO5S. The van der Waals surface area contributed by atoms with Crippen molar-refractivity contribution >= 4 is 27.4 Å². The first-order chi connectivity index (χ1) is 10.8. The van der Waals surface area contributed by atoms with Crippen LogP contribution in [-0.2, 0) is 14.6 Å². The van der Waals surface area contributed by atoms with Crippen LogP contribution in [0, 0.1) is 0 Å². The second kappa shape index (κ2) is 6.62. The van der Waals surface area contributed by atoms with Crippen LogP contribution in [0.5, 0.6) is 5.75 Å². The van der Waals surface area contributed by atoms with Gasteiger partial charge in [0.05, 0.1) is 10.5 Å². The normalized spacial score (nSPS) is 10.9. The van der Waals surface area contributed by atoms with Gasteiger partial charge in [0.2, 0.25) is 0 Å². The summed E-state index contributed by atoms with van der Waals surface area (Å²) in [4.78, 5) is 23.5. The van der Waals surface area contributed by atoms with Gasteiger partial charge in [-0.05, 0) is 30.3 Å². The molecule has 2 rings (SSSR count). The Kier molecular flexibility index (Phi) is 4.80. The van der Waals surface area contributed by atoms with Gasteiger partial charge in [-0.25, -0.2) is 8.42 Å². The molecule has 0 aromatic heterocycles. The molecule has 0 radical (unpaired) electrons. The van der Waals surface area contributed by atoms with Gasteiger partial charge in [-0.1, -0.05) is 18.2 Å². The Balaban J connectivity index is 2.28. The lowest BCUT2D eigenvalue weighted by atomic mass is 10.2. The summed E-state index contributed by atoms with van der Waals surface area (Å²) < 4.78 is 28.1. The summed E-state index contributed by atoms with van der Waals surface area (Å²) in [6.07, 6.45) is 1.09. The number of rotatable bonds is 4. The zero-order chi connectivity index (χ0) is 17.0. The number of sulfone groups is 1. The fourth-order valence-electron chi connectivity index (χ4n) is 1.90. The Morgan fingerprint density at radius 1 is 1.04 bits per heavy atom. The number of amides is 1. The first kappa shape index (κ1) is 16.7. The van der Waals surface area contributed by atoms with Crippen molar-refractivity contribution in [2.75, 3.05) is 11.6 Å². The molecule has 0 aliphatic heterocycles. The summed E-state index contributed by atoms with van der Waals surface area (Å²) in [6, 6.07) is 12.2. The predicted octanol–water partition coefficient (Wildman–Crippen LogP) is 2.27. The van der Waals surface area contributed by atoms with Gasteiger partial charge in [0.15, 0.2) is 9.84 Å². The van der Waals surface area contributed by atoms with Crippen molar-refractivity contribution in [2.24, 2.45) is 0 Å². The lowest BCUT2D eigenvalue weighted by Crippen LogP contribution is -2.15. The zero-order valence-electron chi connectivity index (χ0n) is 12.6. The number of hydrogen-bond donors (Lipinski definition) is 1. The van der Waals surface area contributed by atoms with Crippen molar-refractivity contribution in [1.82, 2.24) is 0 Å². The highest BCUT2D eigenvalue weighted by molar-refractivity contribution is 7.90. The molecule has 0 unspecified atom stereocenters. The molecule has 0 bridgehead atoms. The highest BCUT2D eigenvalue weighted by Gasteiger charge is 2.15. The molecule has 0 aliphatic rings. The second-order valence-corrected chi connectivity index (χ2v) is 6.86. The summed E-state index contributed by atoms with van der Waals surface area (Å²) in [5.74, 6) is -0.909. The molecule has 2 aromatic rings. The molecule has 0 fully saturated rings. The number of anilines is 1. The summed E-state index contributed by atoms with van der Waals surface area (Å²) in [5, 5.41) is 2.59. The van der Waals surface area contributed by atoms with Crippen LogP contribution in [0.3, 0.4) is 0 Å². The average molecular weight is 333 g/mol. The number of nitrogens with one attached hydrogen (secondary N) is 1. The molecule has 120 valence electrons. The Hall–Kier alpha value is -2.67. The highest BCUT2D eigenvalue weighted by atomic mass is 32.2. The van der Waals surface area contributed by atoms with Crippen LogP contribution in [0.2, 0.25) is 0 Å². The van der Waals surface area contributed by atoms with E-state index in [0.29, 0.717) is 5.69 Å². The standard InChI is InChI=1S/C16H15NO5S/c1-11(18)22-15-9-4-3-8-14(15)16(19)17-12-6-5-7-13(10-12)23(2,20)21/h3-10H,1-2H3,(H,17,19). The van der Waals surface area contributed by atoms with Crippen LogP contribution in [0.25, 0.3) is 0 Å². The van der Waals surface area contributed by atoms with Gasteiger partial charge in [0.1, 0.15) is 5.75 Å². The number of carbonyl (C=O) groups excluding carboxylic acids is 2. The fraction of sp³-hybridized carbons (Fsp3) is 0.125. The van der Waals surface area contributed by atoms with Gasteiger partial charge in [0, 0.05) is 18.9 Å². The van der Waals surface area contributed by atoms with Crippen LogP contribution in [-0.4, -0.2) is 26.6 Å². The van der Waals surface area contributed by atoms with Crippen LogP contribution in [0.1, 0.15) is 17.3 Å². The van der Waals surface area contributed by atoms with Crippen molar-refractivity contribution in [1.29, 1.82) is 0 Å². The van der Waals surface area contributed by atoms with Gasteiger partial charge in [-0.3, -0.25) is 9.59 Å². The topological polar surface area (TPSA) is 89.5 Å². The van der Waals surface area contributed by atoms with E-state index in [2.05, 4.69) is 5.32 Å². The molecule has 0 heterocycles. The third kappa shape index (κ3) is 4.40. The van der Waals surface area contributed by atoms with Crippen LogP contribution >= 0.6 is 0 Å². The molecule has 0 saturated heterocycles. The van der Waals surface area contributed by atoms with Crippen LogP contribution < -0.4 is 10.1 Å². The number of para-hydroxylation sites is 1. The van der Waals surface area contributed by atoms with E-state index < -0.39 is 21.7 Å². The average Bonchev–Trinajstić information content (AvgIpc) is 2.46. The van der Waals surface area contributed by atoms with E-state index in [-0.39, 0.29) is 16.2 Å². The molecule has 0 atom stereocenters. The second-order valence-electron chi connectivity index (χ2n) is 4.84. The fourth-order valence-corrected chi connectivity index (χ4v) is 2.57. The number of esters is 1. The van der Waals surface area contributed by atoms with Crippen LogP contribution in [0.4, 0.5) is 5.69 Å². The molecule has 7 heteroatoms. The Morgan fingerprint density at radius 3 is 2.39 bits per heavy atom. The zero-order valence-corrected chi connectivity index (χ0v) is 13.4. The minimum atomic E-state index is -3.37. The maximum absolute atomic E-state index is 12.3. The molecule has 1 amide bonds. The highest BCUT2D eigenvalue weighted by Crippen LogP contribution is 2.21. The largest absolute Gasteiger partial charge is 0.426 e. The number of carbonyl (C=O) groups is 2. The van der Waals surface area contributed by atoms with E-state index in [0.717, 1.165) is 6.26 Å². The van der Waals surface area contributed by atoms with Gasteiger partial charge in [-0.15, -0.1) is 0 Å². The lowest BCUT2D eigenvalue weighted by Gasteiger charge is -2.10. The molecule has 1 N–H and O–H groups in total. The molecular weight excluding hydrogens is 318 g/mol. The van der Waals surface area contributed by atoms with Crippen molar-refractivity contribution in [3.63, 3.8) is 0 Å². The SMILES string of the molecule is CC(=O)Oc1ccccc1C(=O)Nc1cccc(S(C)(=O)=O)c1. The van der Waals surface area contributed by atoms with E-state index in [1.807, 2.05) is 0 Å². The minimum absolute atomic E-state index is 0.101. The molecule has 0 spiro atoms. The molecule has 2 aromatic carbocycles. The molecule has 6 nitrogen and oxygen atoms in total. The molecule has 23 heavy (non-hydrogen) atoms. The molecule has 0 saturated carbocycles. The van der Waals surface area contributed by atoms with Gasteiger partial charge >= 0.3 is 5.97 Å². The smallest absolute Gasteiger partial charge is 0.308 e. The first-order valence-corrected chi connectivity index (χ1v) is 8.55. The summed E-state index contributed by atoms with van der Waals surface area (Å²) >= 11 is 0. The number of benzene rings is 2. The van der Waals surface area contributed by atoms with E-state index in [1.54, 1.807) is 18.2 Å². The van der Waals surface area contributed by atoms with Gasteiger partial charge in [-0.2, -0.15) is 0 Å². The maximum Gasteiger partial charge on any atom is 0.308 e. The third-order valence-corrected chi connectivity index (χ3v) is 4.02. The van der Waals surface area contributed by atoms with Crippen molar-refractivity contribution in [3.05, 3.63) is 54.1 Å². The monoisotopic (exact) mass is 333 g/mol. The minimum Gasteiger partial charge on any atom is -0.426 e. The predicted molar refractivity (Wildman–Crippen MR) is 85.3 cm³/mol. The third-order valence-electron chi connectivity index (χ3n) is 2.91. The van der Waals surface area contributed by atoms with Crippen molar-refractivity contribution in [2.45, 2.75) is 11.8 Å².